The molecule has 0 saturated heterocycles. The van der Waals surface area contributed by atoms with Gasteiger partial charge in [0.05, 0.1) is 22.9 Å². The lowest BCUT2D eigenvalue weighted by molar-refractivity contribution is 0.0695. The van der Waals surface area contributed by atoms with Gasteiger partial charge in [-0.3, -0.25) is 4.99 Å². The van der Waals surface area contributed by atoms with Gasteiger partial charge in [0.1, 0.15) is 0 Å². The fraction of sp³-hybridized carbons (Fsp3) is 0.286. The Labute approximate surface area is 146 Å². The quantitative estimate of drug-likeness (QED) is 0.906. The first-order valence-electron chi connectivity index (χ1n) is 8.58. The van der Waals surface area contributed by atoms with Crippen LogP contribution in [-0.2, 0) is 11.8 Å². The second-order valence-electron chi connectivity index (χ2n) is 6.79. The van der Waals surface area contributed by atoms with Gasteiger partial charge in [-0.05, 0) is 55.0 Å². The Hall–Kier alpha value is -2.93. The van der Waals surface area contributed by atoms with Crippen LogP contribution < -0.4 is 0 Å². The highest BCUT2D eigenvalue weighted by molar-refractivity contribution is 6.03. The summed E-state index contributed by atoms with van der Waals surface area (Å²) >= 11 is 0. The average molecular weight is 330 g/mol. The molecule has 4 rings (SSSR count). The molecule has 25 heavy (non-hydrogen) atoms. The van der Waals surface area contributed by atoms with E-state index in [9.17, 15) is 15.2 Å². The van der Waals surface area contributed by atoms with Gasteiger partial charge in [0.25, 0.3) is 0 Å². The molecule has 0 radical (unpaired) electrons. The lowest BCUT2D eigenvalue weighted by Gasteiger charge is -2.36. The van der Waals surface area contributed by atoms with Crippen LogP contribution in [0.3, 0.4) is 0 Å². The zero-order valence-corrected chi connectivity index (χ0v) is 13.8. The Morgan fingerprint density at radius 3 is 2.84 bits per heavy atom. The molecule has 0 aromatic heterocycles. The van der Waals surface area contributed by atoms with E-state index in [0.717, 1.165) is 37.1 Å². The third kappa shape index (κ3) is 2.35. The maximum absolute atomic E-state index is 11.7. The molecular formula is C21H18N2O2. The number of aliphatic imine (C=N–C) groups is 1. The Kier molecular flexibility index (Phi) is 3.65. The SMILES string of the molecule is N#Cc1cccc(C(=O)O)c1CC12CCCCC1=Nc1ccccc12. The fourth-order valence-corrected chi connectivity index (χ4v) is 4.35. The number of para-hydroxylation sites is 1. The standard InChI is InChI=1S/C21H18N2O2/c22-13-14-6-5-7-15(20(24)25)16(14)12-21-11-4-3-10-19(21)23-18-9-2-1-8-17(18)21/h1-2,5-9H,3-4,10-12H2,(H,24,25). The first-order chi connectivity index (χ1) is 12.2. The largest absolute Gasteiger partial charge is 0.478 e. The molecule has 1 aliphatic heterocycles. The highest BCUT2D eigenvalue weighted by Crippen LogP contribution is 2.49. The van der Waals surface area contributed by atoms with Crippen LogP contribution in [0.15, 0.2) is 47.5 Å². The second kappa shape index (κ2) is 5.86. The maximum Gasteiger partial charge on any atom is 0.336 e. The predicted molar refractivity (Wildman–Crippen MR) is 95.5 cm³/mol. The zero-order chi connectivity index (χ0) is 17.4. The van der Waals surface area contributed by atoms with Crippen LogP contribution in [0.4, 0.5) is 5.69 Å². The van der Waals surface area contributed by atoms with Gasteiger partial charge >= 0.3 is 5.97 Å². The van der Waals surface area contributed by atoms with E-state index >= 15 is 0 Å². The smallest absolute Gasteiger partial charge is 0.336 e. The van der Waals surface area contributed by atoms with Crippen LogP contribution in [0.1, 0.15) is 52.7 Å². The Morgan fingerprint density at radius 1 is 1.20 bits per heavy atom. The lowest BCUT2D eigenvalue weighted by Crippen LogP contribution is -2.39. The number of carboxylic acids is 1. The lowest BCUT2D eigenvalue weighted by atomic mass is 9.65. The monoisotopic (exact) mass is 330 g/mol. The number of nitriles is 1. The molecular weight excluding hydrogens is 312 g/mol. The normalized spacial score (nSPS) is 21.0. The van der Waals surface area contributed by atoms with Crippen molar-refractivity contribution < 1.29 is 9.90 Å². The average Bonchev–Trinajstić information content (AvgIpc) is 2.96. The number of aromatic carboxylic acids is 1. The number of benzene rings is 2. The Morgan fingerprint density at radius 2 is 2.04 bits per heavy atom. The minimum atomic E-state index is -0.982. The van der Waals surface area contributed by atoms with Crippen molar-refractivity contribution in [3.63, 3.8) is 0 Å². The zero-order valence-electron chi connectivity index (χ0n) is 13.8. The third-order valence-electron chi connectivity index (χ3n) is 5.50. The minimum Gasteiger partial charge on any atom is -0.478 e. The first kappa shape index (κ1) is 15.6. The number of fused-ring (bicyclic) bond motifs is 3. The molecule has 1 fully saturated rings. The van der Waals surface area contributed by atoms with E-state index in [1.54, 1.807) is 18.2 Å². The third-order valence-corrected chi connectivity index (χ3v) is 5.50. The van der Waals surface area contributed by atoms with Crippen molar-refractivity contribution in [3.05, 3.63) is 64.7 Å². The summed E-state index contributed by atoms with van der Waals surface area (Å²) in [7, 11) is 0. The highest BCUT2D eigenvalue weighted by Gasteiger charge is 2.45. The first-order valence-corrected chi connectivity index (χ1v) is 8.58. The summed E-state index contributed by atoms with van der Waals surface area (Å²) in [6.07, 6.45) is 4.60. The summed E-state index contributed by atoms with van der Waals surface area (Å²) < 4.78 is 0. The molecule has 1 unspecified atom stereocenters. The molecule has 0 bridgehead atoms. The van der Waals surface area contributed by atoms with Gasteiger partial charge in [-0.25, -0.2) is 4.79 Å². The molecule has 1 saturated carbocycles. The maximum atomic E-state index is 11.7. The molecule has 1 aliphatic carbocycles. The van der Waals surface area contributed by atoms with Crippen LogP contribution >= 0.6 is 0 Å². The van der Waals surface area contributed by atoms with Gasteiger partial charge in [-0.1, -0.05) is 30.7 Å². The summed E-state index contributed by atoms with van der Waals surface area (Å²) in [6, 6.07) is 15.2. The molecule has 4 nitrogen and oxygen atoms in total. The van der Waals surface area contributed by atoms with E-state index in [2.05, 4.69) is 12.1 Å². The summed E-state index contributed by atoms with van der Waals surface area (Å²) in [5.74, 6) is -0.982. The Bertz CT molecular complexity index is 939. The molecule has 1 heterocycles. The molecule has 1 N–H and O–H groups in total. The van der Waals surface area contributed by atoms with Gasteiger partial charge in [-0.2, -0.15) is 5.26 Å². The molecule has 1 atom stereocenters. The van der Waals surface area contributed by atoms with E-state index < -0.39 is 5.97 Å². The van der Waals surface area contributed by atoms with Crippen molar-refractivity contribution in [1.82, 2.24) is 0 Å². The number of rotatable bonds is 3. The number of carbonyl (C=O) groups is 1. The fourth-order valence-electron chi connectivity index (χ4n) is 4.35. The van der Waals surface area contributed by atoms with Gasteiger partial charge in [0.2, 0.25) is 0 Å². The Balaban J connectivity index is 1.89. The van der Waals surface area contributed by atoms with Crippen molar-refractivity contribution in [3.8, 4) is 6.07 Å². The summed E-state index contributed by atoms with van der Waals surface area (Å²) in [6.45, 7) is 0. The van der Waals surface area contributed by atoms with Crippen molar-refractivity contribution in [2.75, 3.05) is 0 Å². The summed E-state index contributed by atoms with van der Waals surface area (Å²) in [5.41, 5.74) is 4.34. The van der Waals surface area contributed by atoms with Gasteiger partial charge in [0.15, 0.2) is 0 Å². The van der Waals surface area contributed by atoms with Crippen LogP contribution in [-0.4, -0.2) is 16.8 Å². The number of nitrogens with zero attached hydrogens (tertiary/aromatic N) is 2. The van der Waals surface area contributed by atoms with Crippen LogP contribution in [0, 0.1) is 11.3 Å². The molecule has 4 heteroatoms. The van der Waals surface area contributed by atoms with E-state index in [4.69, 9.17) is 4.99 Å². The topological polar surface area (TPSA) is 73.5 Å². The van der Waals surface area contributed by atoms with E-state index in [1.807, 2.05) is 18.2 Å². The van der Waals surface area contributed by atoms with Gasteiger partial charge < -0.3 is 5.11 Å². The number of hydrogen-bond donors (Lipinski definition) is 1. The predicted octanol–water partition coefficient (Wildman–Crippen LogP) is 4.40. The van der Waals surface area contributed by atoms with Crippen LogP contribution in [0.5, 0.6) is 0 Å². The summed E-state index contributed by atoms with van der Waals surface area (Å²) in [4.78, 5) is 16.6. The molecule has 124 valence electrons. The van der Waals surface area contributed by atoms with Crippen LogP contribution in [0.25, 0.3) is 0 Å². The van der Waals surface area contributed by atoms with Crippen molar-refractivity contribution in [2.24, 2.45) is 4.99 Å². The molecule has 2 aromatic rings. The van der Waals surface area contributed by atoms with Crippen LogP contribution in [0.2, 0.25) is 0 Å². The second-order valence-corrected chi connectivity index (χ2v) is 6.79. The number of hydrogen-bond acceptors (Lipinski definition) is 3. The molecule has 2 aliphatic rings. The molecule has 0 spiro atoms. The van der Waals surface area contributed by atoms with E-state index in [-0.39, 0.29) is 11.0 Å². The van der Waals surface area contributed by atoms with Crippen molar-refractivity contribution in [2.45, 2.75) is 37.5 Å². The van der Waals surface area contributed by atoms with Gasteiger partial charge in [-0.15, -0.1) is 0 Å². The molecule has 0 amide bonds. The van der Waals surface area contributed by atoms with Crippen molar-refractivity contribution >= 4 is 17.4 Å². The highest BCUT2D eigenvalue weighted by atomic mass is 16.4. The number of carboxylic acid groups (broad SMARTS) is 1. The summed E-state index contributed by atoms with van der Waals surface area (Å²) in [5, 5.41) is 19.1. The van der Waals surface area contributed by atoms with E-state index in [0.29, 0.717) is 17.5 Å². The van der Waals surface area contributed by atoms with Gasteiger partial charge in [0, 0.05) is 11.1 Å². The van der Waals surface area contributed by atoms with E-state index in [1.165, 1.54) is 5.56 Å². The molecule has 2 aromatic carbocycles. The van der Waals surface area contributed by atoms with Crippen molar-refractivity contribution in [1.29, 1.82) is 5.26 Å². The minimum absolute atomic E-state index is 0.225.